The molecule has 1 saturated heterocycles. The van der Waals surface area contributed by atoms with Crippen LogP contribution in [0.2, 0.25) is 0 Å². The molecule has 0 amide bonds. The van der Waals surface area contributed by atoms with Crippen molar-refractivity contribution in [3.8, 4) is 0 Å². The summed E-state index contributed by atoms with van der Waals surface area (Å²) in [5.74, 6) is 0.763. The van der Waals surface area contributed by atoms with Gasteiger partial charge in [0.25, 0.3) is 0 Å². The molecular formula is C17H27IN2. The summed E-state index contributed by atoms with van der Waals surface area (Å²) in [6.45, 7) is 10.3. The summed E-state index contributed by atoms with van der Waals surface area (Å²) in [6.07, 6.45) is 2.51. The van der Waals surface area contributed by atoms with Crippen molar-refractivity contribution in [2.75, 3.05) is 13.1 Å². The van der Waals surface area contributed by atoms with E-state index in [4.69, 9.17) is 0 Å². The van der Waals surface area contributed by atoms with Crippen molar-refractivity contribution >= 4 is 22.6 Å². The maximum atomic E-state index is 3.71. The molecule has 0 radical (unpaired) electrons. The summed E-state index contributed by atoms with van der Waals surface area (Å²) in [5, 5.41) is 3.71. The minimum absolute atomic E-state index is 0.655. The van der Waals surface area contributed by atoms with Crippen molar-refractivity contribution in [3.63, 3.8) is 0 Å². The van der Waals surface area contributed by atoms with E-state index in [2.05, 4.69) is 77.8 Å². The van der Waals surface area contributed by atoms with Crippen LogP contribution in [0.3, 0.4) is 0 Å². The SMILES string of the molecule is CCC1CN(Cc2ccc(I)cc2)C(CC(C)C)CN1. The van der Waals surface area contributed by atoms with Crippen LogP contribution in [0.15, 0.2) is 24.3 Å². The number of nitrogens with one attached hydrogen (secondary N) is 1. The van der Waals surface area contributed by atoms with E-state index in [0.29, 0.717) is 12.1 Å². The number of nitrogens with zero attached hydrogens (tertiary/aromatic N) is 1. The summed E-state index contributed by atoms with van der Waals surface area (Å²) in [4.78, 5) is 2.69. The zero-order valence-electron chi connectivity index (χ0n) is 12.9. The zero-order chi connectivity index (χ0) is 14.5. The van der Waals surface area contributed by atoms with Crippen LogP contribution in [0.1, 0.15) is 39.2 Å². The Morgan fingerprint density at radius 1 is 1.30 bits per heavy atom. The molecule has 0 saturated carbocycles. The molecule has 0 aromatic heterocycles. The molecule has 112 valence electrons. The van der Waals surface area contributed by atoms with Crippen molar-refractivity contribution in [1.29, 1.82) is 0 Å². The number of hydrogen-bond donors (Lipinski definition) is 1. The van der Waals surface area contributed by atoms with Crippen LogP contribution >= 0.6 is 22.6 Å². The van der Waals surface area contributed by atoms with Crippen molar-refractivity contribution in [2.24, 2.45) is 5.92 Å². The third-order valence-corrected chi connectivity index (χ3v) is 4.87. The third-order valence-electron chi connectivity index (χ3n) is 4.15. The highest BCUT2D eigenvalue weighted by Gasteiger charge is 2.27. The van der Waals surface area contributed by atoms with Gasteiger partial charge >= 0.3 is 0 Å². The lowest BCUT2D eigenvalue weighted by Gasteiger charge is -2.41. The second-order valence-corrected chi connectivity index (χ2v) is 7.60. The van der Waals surface area contributed by atoms with Crippen molar-refractivity contribution < 1.29 is 0 Å². The molecule has 0 spiro atoms. The monoisotopic (exact) mass is 386 g/mol. The quantitative estimate of drug-likeness (QED) is 0.773. The molecule has 1 N–H and O–H groups in total. The summed E-state index contributed by atoms with van der Waals surface area (Å²) in [7, 11) is 0. The number of benzene rings is 1. The van der Waals surface area contributed by atoms with Gasteiger partial charge in [-0.1, -0.05) is 32.9 Å². The highest BCUT2D eigenvalue weighted by Crippen LogP contribution is 2.19. The Balaban J connectivity index is 2.04. The lowest BCUT2D eigenvalue weighted by molar-refractivity contribution is 0.105. The van der Waals surface area contributed by atoms with Gasteiger partial charge < -0.3 is 5.32 Å². The van der Waals surface area contributed by atoms with Crippen LogP contribution in [0, 0.1) is 9.49 Å². The molecule has 2 nitrogen and oxygen atoms in total. The fourth-order valence-corrected chi connectivity index (χ4v) is 3.36. The number of piperazine rings is 1. The summed E-state index contributed by atoms with van der Waals surface area (Å²) >= 11 is 2.37. The normalized spacial score (nSPS) is 24.2. The molecule has 3 heteroatoms. The first-order chi connectivity index (χ1) is 9.58. The maximum Gasteiger partial charge on any atom is 0.0237 e. The summed E-state index contributed by atoms with van der Waals surface area (Å²) < 4.78 is 1.32. The molecule has 2 rings (SSSR count). The molecule has 0 aliphatic carbocycles. The number of rotatable bonds is 5. The molecular weight excluding hydrogens is 359 g/mol. The molecule has 1 aliphatic rings. The van der Waals surface area contributed by atoms with Gasteiger partial charge in [-0.3, -0.25) is 4.90 Å². The molecule has 1 aromatic carbocycles. The summed E-state index contributed by atoms with van der Waals surface area (Å²) in [6, 6.07) is 10.3. The zero-order valence-corrected chi connectivity index (χ0v) is 15.1. The maximum absolute atomic E-state index is 3.71. The van der Waals surface area contributed by atoms with Gasteiger partial charge in [0.2, 0.25) is 0 Å². The van der Waals surface area contributed by atoms with E-state index in [0.717, 1.165) is 19.0 Å². The van der Waals surface area contributed by atoms with Gasteiger partial charge in [-0.25, -0.2) is 0 Å². The van der Waals surface area contributed by atoms with Gasteiger partial charge in [0, 0.05) is 35.3 Å². The molecule has 1 aliphatic heterocycles. The Labute approximate surface area is 137 Å². The van der Waals surface area contributed by atoms with Crippen molar-refractivity contribution in [3.05, 3.63) is 33.4 Å². The standard InChI is InChI=1S/C17H27IN2/c1-4-16-12-20(17(10-19-16)9-13(2)3)11-14-5-7-15(18)8-6-14/h5-8,13,16-17,19H,4,9-12H2,1-3H3. The second-order valence-electron chi connectivity index (χ2n) is 6.35. The van der Waals surface area contributed by atoms with Crippen LogP contribution in [0.4, 0.5) is 0 Å². The molecule has 2 atom stereocenters. The van der Waals surface area contributed by atoms with Crippen LogP contribution in [0.5, 0.6) is 0 Å². The first-order valence-electron chi connectivity index (χ1n) is 7.80. The van der Waals surface area contributed by atoms with Crippen LogP contribution in [-0.4, -0.2) is 30.1 Å². The molecule has 1 heterocycles. The highest BCUT2D eigenvalue weighted by molar-refractivity contribution is 14.1. The van der Waals surface area contributed by atoms with E-state index in [-0.39, 0.29) is 0 Å². The van der Waals surface area contributed by atoms with Crippen LogP contribution in [0.25, 0.3) is 0 Å². The van der Waals surface area contributed by atoms with E-state index < -0.39 is 0 Å². The van der Waals surface area contributed by atoms with Crippen LogP contribution in [-0.2, 0) is 6.54 Å². The van der Waals surface area contributed by atoms with E-state index in [1.54, 1.807) is 0 Å². The average molecular weight is 386 g/mol. The number of halogens is 1. The summed E-state index contributed by atoms with van der Waals surface area (Å²) in [5.41, 5.74) is 1.44. The largest absolute Gasteiger partial charge is 0.311 e. The molecule has 0 bridgehead atoms. The highest BCUT2D eigenvalue weighted by atomic mass is 127. The Morgan fingerprint density at radius 3 is 2.60 bits per heavy atom. The fraction of sp³-hybridized carbons (Fsp3) is 0.647. The van der Waals surface area contributed by atoms with Gasteiger partial charge in [0.05, 0.1) is 0 Å². The van der Waals surface area contributed by atoms with Gasteiger partial charge in [-0.05, 0) is 59.0 Å². The predicted octanol–water partition coefficient (Wildman–Crippen LogP) is 3.89. The van der Waals surface area contributed by atoms with E-state index in [9.17, 15) is 0 Å². The average Bonchev–Trinajstić information content (AvgIpc) is 2.42. The lowest BCUT2D eigenvalue weighted by atomic mass is 9.97. The van der Waals surface area contributed by atoms with Crippen LogP contribution < -0.4 is 5.32 Å². The van der Waals surface area contributed by atoms with Gasteiger partial charge in [-0.2, -0.15) is 0 Å². The molecule has 2 unspecified atom stereocenters. The van der Waals surface area contributed by atoms with Crippen molar-refractivity contribution in [1.82, 2.24) is 10.2 Å². The number of hydrogen-bond acceptors (Lipinski definition) is 2. The van der Waals surface area contributed by atoms with Gasteiger partial charge in [0.1, 0.15) is 0 Å². The fourth-order valence-electron chi connectivity index (χ4n) is 3.00. The molecule has 20 heavy (non-hydrogen) atoms. The van der Waals surface area contributed by atoms with Gasteiger partial charge in [-0.15, -0.1) is 0 Å². The van der Waals surface area contributed by atoms with Crippen molar-refractivity contribution in [2.45, 2.75) is 52.2 Å². The van der Waals surface area contributed by atoms with E-state index >= 15 is 0 Å². The third kappa shape index (κ3) is 4.71. The minimum Gasteiger partial charge on any atom is -0.311 e. The van der Waals surface area contributed by atoms with E-state index in [1.165, 1.54) is 28.5 Å². The first-order valence-corrected chi connectivity index (χ1v) is 8.88. The lowest BCUT2D eigenvalue weighted by Crippen LogP contribution is -2.56. The second kappa shape index (κ2) is 7.76. The first kappa shape index (κ1) is 16.2. The van der Waals surface area contributed by atoms with Gasteiger partial charge in [0.15, 0.2) is 0 Å². The smallest absolute Gasteiger partial charge is 0.0237 e. The molecule has 1 aromatic rings. The Kier molecular flexibility index (Phi) is 6.30. The Morgan fingerprint density at radius 2 is 2.00 bits per heavy atom. The van der Waals surface area contributed by atoms with E-state index in [1.807, 2.05) is 0 Å². The predicted molar refractivity (Wildman–Crippen MR) is 94.9 cm³/mol. The Bertz CT molecular complexity index is 402. The molecule has 1 fully saturated rings. The topological polar surface area (TPSA) is 15.3 Å². The Hall–Kier alpha value is -0.130. The minimum atomic E-state index is 0.655.